The van der Waals surface area contributed by atoms with Gasteiger partial charge < -0.3 is 30.3 Å². The lowest BCUT2D eigenvalue weighted by atomic mass is 10.0. The van der Waals surface area contributed by atoms with E-state index in [1.165, 1.54) is 0 Å². The minimum atomic E-state index is -2.37. The maximum absolute atomic E-state index is 10.3. The summed E-state index contributed by atoms with van der Waals surface area (Å²) in [4.78, 5) is 30.5. The van der Waals surface area contributed by atoms with E-state index in [-0.39, 0.29) is 6.29 Å². The number of hydrogen-bond acceptors (Lipinski definition) is 7. The molecule has 0 aliphatic heterocycles. The second kappa shape index (κ2) is 6.00. The first-order chi connectivity index (χ1) is 7.31. The first-order valence-corrected chi connectivity index (χ1v) is 3.93. The van der Waals surface area contributed by atoms with Crippen molar-refractivity contribution in [3.05, 3.63) is 0 Å². The minimum absolute atomic E-state index is 0.142. The molecule has 4 atom stereocenters. The molecule has 0 saturated heterocycles. The normalized spacial score (nSPS) is 17.9. The van der Waals surface area contributed by atoms with Gasteiger partial charge in [-0.3, -0.25) is 4.79 Å². The molecule has 0 saturated carbocycles. The topological polar surface area (TPSA) is 162 Å². The van der Waals surface area contributed by atoms with Crippen LogP contribution in [-0.2, 0) is 14.3 Å². The highest BCUT2D eigenvalue weighted by atomic mass is 16.7. The summed E-state index contributed by atoms with van der Waals surface area (Å²) >= 11 is 0. The Bertz CT molecular complexity index is 275. The average Bonchev–Trinajstić information content (AvgIpc) is 2.22. The van der Waals surface area contributed by atoms with Crippen molar-refractivity contribution in [2.75, 3.05) is 0 Å². The van der Waals surface area contributed by atoms with Crippen LogP contribution >= 0.6 is 0 Å². The van der Waals surface area contributed by atoms with Crippen molar-refractivity contribution < 1.29 is 44.7 Å². The van der Waals surface area contributed by atoms with Gasteiger partial charge >= 0.3 is 12.1 Å². The molecule has 0 aliphatic carbocycles. The Kier molecular flexibility index (Phi) is 5.36. The van der Waals surface area contributed by atoms with Gasteiger partial charge in [0, 0.05) is 0 Å². The molecule has 5 N–H and O–H groups in total. The lowest BCUT2D eigenvalue weighted by Crippen LogP contribution is -2.49. The number of carbonyl (C=O) groups is 3. The standard InChI is InChI=1S/C7H10O9/c8-1-2(16-7(14)15)3(9)4(10)5(11)6(12)13/h1-5,9-11H,(H,12,13)(H,14,15)/t2-,3+,4-,5-/m0/s1. The second-order valence-electron chi connectivity index (χ2n) is 2.75. The Morgan fingerprint density at radius 2 is 1.56 bits per heavy atom. The molecule has 0 bridgehead atoms. The number of carboxylic acid groups (broad SMARTS) is 2. The molecule has 0 aromatic carbocycles. The fourth-order valence-corrected chi connectivity index (χ4v) is 0.822. The SMILES string of the molecule is O=C[C@H](OC(=O)O)[C@@H](O)[C@H](O)[C@H](O)C(=O)O. The van der Waals surface area contributed by atoms with Crippen molar-refractivity contribution in [2.24, 2.45) is 0 Å². The number of carboxylic acids is 1. The fraction of sp³-hybridized carbons (Fsp3) is 0.571. The Morgan fingerprint density at radius 3 is 1.88 bits per heavy atom. The van der Waals surface area contributed by atoms with Crippen LogP contribution in [0, 0.1) is 0 Å². The highest BCUT2D eigenvalue weighted by Crippen LogP contribution is 2.07. The zero-order valence-electron chi connectivity index (χ0n) is 7.76. The average molecular weight is 238 g/mol. The van der Waals surface area contributed by atoms with Crippen LogP contribution in [0.4, 0.5) is 4.79 Å². The van der Waals surface area contributed by atoms with Gasteiger partial charge in [0.05, 0.1) is 0 Å². The highest BCUT2D eigenvalue weighted by Gasteiger charge is 2.36. The predicted octanol–water partition coefficient (Wildman–Crippen LogP) is -2.58. The molecule has 0 amide bonds. The van der Waals surface area contributed by atoms with Crippen molar-refractivity contribution in [2.45, 2.75) is 24.4 Å². The van der Waals surface area contributed by atoms with Gasteiger partial charge in [-0.15, -0.1) is 0 Å². The summed E-state index contributed by atoms with van der Waals surface area (Å²) in [6, 6.07) is 0. The lowest BCUT2D eigenvalue weighted by Gasteiger charge is -2.23. The maximum atomic E-state index is 10.3. The van der Waals surface area contributed by atoms with Crippen molar-refractivity contribution in [3.8, 4) is 0 Å². The van der Waals surface area contributed by atoms with E-state index in [1.807, 2.05) is 0 Å². The lowest BCUT2D eigenvalue weighted by molar-refractivity contribution is -0.164. The predicted molar refractivity (Wildman–Crippen MR) is 44.6 cm³/mol. The van der Waals surface area contributed by atoms with Crippen LogP contribution < -0.4 is 0 Å². The van der Waals surface area contributed by atoms with Gasteiger partial charge in [-0.2, -0.15) is 0 Å². The van der Waals surface area contributed by atoms with E-state index in [0.29, 0.717) is 0 Å². The van der Waals surface area contributed by atoms with Gasteiger partial charge in [0.25, 0.3) is 0 Å². The molecular weight excluding hydrogens is 228 g/mol. The summed E-state index contributed by atoms with van der Waals surface area (Å²) in [5.41, 5.74) is 0. The van der Waals surface area contributed by atoms with Gasteiger partial charge in [0.2, 0.25) is 0 Å². The number of rotatable bonds is 6. The molecule has 92 valence electrons. The van der Waals surface area contributed by atoms with Crippen LogP contribution in [0.3, 0.4) is 0 Å². The molecule has 16 heavy (non-hydrogen) atoms. The van der Waals surface area contributed by atoms with Crippen LogP contribution in [0.5, 0.6) is 0 Å². The van der Waals surface area contributed by atoms with Gasteiger partial charge in [-0.1, -0.05) is 0 Å². The van der Waals surface area contributed by atoms with Crippen LogP contribution in [0.25, 0.3) is 0 Å². The number of aliphatic carboxylic acids is 1. The molecule has 0 aromatic rings. The zero-order valence-corrected chi connectivity index (χ0v) is 7.76. The molecule has 0 fully saturated rings. The molecule has 0 aliphatic rings. The summed E-state index contributed by atoms with van der Waals surface area (Å²) < 4.78 is 3.85. The van der Waals surface area contributed by atoms with Crippen LogP contribution in [0.1, 0.15) is 0 Å². The molecule has 0 rings (SSSR count). The number of carbonyl (C=O) groups excluding carboxylic acids is 1. The number of aldehydes is 1. The summed E-state index contributed by atoms with van der Waals surface area (Å²) in [7, 11) is 0. The Morgan fingerprint density at radius 1 is 1.06 bits per heavy atom. The molecule has 9 heteroatoms. The molecule has 0 heterocycles. The third kappa shape index (κ3) is 3.81. The van der Waals surface area contributed by atoms with Crippen molar-refractivity contribution >= 4 is 18.4 Å². The number of hydrogen-bond donors (Lipinski definition) is 5. The monoisotopic (exact) mass is 238 g/mol. The number of aliphatic hydroxyl groups is 3. The van der Waals surface area contributed by atoms with E-state index >= 15 is 0 Å². The van der Waals surface area contributed by atoms with Gasteiger partial charge in [0.15, 0.2) is 18.5 Å². The third-order valence-corrected chi connectivity index (χ3v) is 1.63. The molecule has 9 nitrogen and oxygen atoms in total. The van der Waals surface area contributed by atoms with Crippen LogP contribution in [-0.4, -0.2) is 68.4 Å². The molecule has 0 unspecified atom stereocenters. The summed E-state index contributed by atoms with van der Waals surface area (Å²) in [6.07, 6.45) is -10.8. The van der Waals surface area contributed by atoms with E-state index in [4.69, 9.17) is 25.5 Å². The summed E-state index contributed by atoms with van der Waals surface area (Å²) in [6.45, 7) is 0. The molecule has 0 spiro atoms. The van der Waals surface area contributed by atoms with Gasteiger partial charge in [0.1, 0.15) is 12.2 Å². The first-order valence-electron chi connectivity index (χ1n) is 3.93. The maximum Gasteiger partial charge on any atom is 0.506 e. The van der Waals surface area contributed by atoms with E-state index in [0.717, 1.165) is 0 Å². The summed E-state index contributed by atoms with van der Waals surface area (Å²) in [5, 5.41) is 43.4. The summed E-state index contributed by atoms with van der Waals surface area (Å²) in [5.74, 6) is -1.84. The van der Waals surface area contributed by atoms with Crippen LogP contribution in [0.15, 0.2) is 0 Å². The Labute approximate surface area is 88.5 Å². The minimum Gasteiger partial charge on any atom is -0.479 e. The van der Waals surface area contributed by atoms with Crippen LogP contribution in [0.2, 0.25) is 0 Å². The van der Waals surface area contributed by atoms with Gasteiger partial charge in [-0.25, -0.2) is 9.59 Å². The highest BCUT2D eigenvalue weighted by molar-refractivity contribution is 5.73. The van der Waals surface area contributed by atoms with E-state index in [2.05, 4.69) is 4.74 Å². The number of ether oxygens (including phenoxy) is 1. The zero-order chi connectivity index (χ0) is 12.9. The smallest absolute Gasteiger partial charge is 0.479 e. The van der Waals surface area contributed by atoms with E-state index in [9.17, 15) is 14.4 Å². The first kappa shape index (κ1) is 14.3. The van der Waals surface area contributed by atoms with E-state index < -0.39 is 36.5 Å². The van der Waals surface area contributed by atoms with Crippen molar-refractivity contribution in [1.29, 1.82) is 0 Å². The third-order valence-electron chi connectivity index (χ3n) is 1.63. The fourth-order valence-electron chi connectivity index (χ4n) is 0.822. The second-order valence-corrected chi connectivity index (χ2v) is 2.75. The van der Waals surface area contributed by atoms with Crippen molar-refractivity contribution in [1.82, 2.24) is 0 Å². The quantitative estimate of drug-likeness (QED) is 0.247. The molecular formula is C7H10O9. The Balaban J connectivity index is 4.60. The molecule has 0 aromatic heterocycles. The largest absolute Gasteiger partial charge is 0.506 e. The Hall–Kier alpha value is -1.71. The van der Waals surface area contributed by atoms with E-state index in [1.54, 1.807) is 0 Å². The number of aliphatic hydroxyl groups excluding tert-OH is 3. The van der Waals surface area contributed by atoms with Gasteiger partial charge in [-0.05, 0) is 0 Å². The molecule has 0 radical (unpaired) electrons. The van der Waals surface area contributed by atoms with Crippen molar-refractivity contribution in [3.63, 3.8) is 0 Å².